The monoisotopic (exact) mass is 248 g/mol. The van der Waals surface area contributed by atoms with Gasteiger partial charge in [-0.05, 0) is 18.8 Å². The van der Waals surface area contributed by atoms with Crippen LogP contribution in [0.4, 0.5) is 0 Å². The first-order valence-electron chi connectivity index (χ1n) is 5.88. The molecule has 0 aromatic heterocycles. The molecule has 2 atom stereocenters. The molecule has 0 rings (SSSR count). The first-order chi connectivity index (χ1) is 7.52. The minimum absolute atomic E-state index is 0.450. The average molecular weight is 248 g/mol. The van der Waals surface area contributed by atoms with Gasteiger partial charge in [0.15, 0.2) is 0 Å². The standard InChI is InChI=1S/C12H24O3S/c1-5-10(3)9-12(6-2,11(13)14)16-8-7-15-4/h10H,5-9H2,1-4H3,(H,13,14). The molecule has 2 unspecified atom stereocenters. The molecule has 0 fully saturated rings. The fourth-order valence-electron chi connectivity index (χ4n) is 1.63. The second-order valence-corrected chi connectivity index (χ2v) is 5.69. The predicted molar refractivity (Wildman–Crippen MR) is 69.1 cm³/mol. The zero-order valence-corrected chi connectivity index (χ0v) is 11.6. The zero-order chi connectivity index (χ0) is 12.6. The highest BCUT2D eigenvalue weighted by molar-refractivity contribution is 8.01. The molecular formula is C12H24O3S. The van der Waals surface area contributed by atoms with Gasteiger partial charge >= 0.3 is 5.97 Å². The molecule has 0 spiro atoms. The number of hydrogen-bond donors (Lipinski definition) is 1. The summed E-state index contributed by atoms with van der Waals surface area (Å²) in [5.74, 6) is 0.509. The highest BCUT2D eigenvalue weighted by atomic mass is 32.2. The molecule has 3 nitrogen and oxygen atoms in total. The van der Waals surface area contributed by atoms with Gasteiger partial charge in [-0.3, -0.25) is 4.79 Å². The lowest BCUT2D eigenvalue weighted by atomic mass is 9.91. The van der Waals surface area contributed by atoms with Crippen LogP contribution in [-0.2, 0) is 9.53 Å². The third kappa shape index (κ3) is 4.74. The van der Waals surface area contributed by atoms with Gasteiger partial charge in [-0.15, -0.1) is 11.8 Å². The van der Waals surface area contributed by atoms with Crippen molar-refractivity contribution < 1.29 is 14.6 Å². The van der Waals surface area contributed by atoms with Gasteiger partial charge in [0.25, 0.3) is 0 Å². The van der Waals surface area contributed by atoms with E-state index in [9.17, 15) is 9.90 Å². The Labute approximate surface area is 103 Å². The smallest absolute Gasteiger partial charge is 0.319 e. The van der Waals surface area contributed by atoms with Gasteiger partial charge in [0.2, 0.25) is 0 Å². The topological polar surface area (TPSA) is 46.5 Å². The summed E-state index contributed by atoms with van der Waals surface area (Å²) in [6.07, 6.45) is 2.44. The predicted octanol–water partition coefficient (Wildman–Crippen LogP) is 3.04. The Bertz CT molecular complexity index is 208. The number of thioether (sulfide) groups is 1. The number of carbonyl (C=O) groups is 1. The molecule has 0 aromatic carbocycles. The normalized spacial score (nSPS) is 16.8. The molecule has 16 heavy (non-hydrogen) atoms. The minimum Gasteiger partial charge on any atom is -0.480 e. The van der Waals surface area contributed by atoms with Crippen LogP contribution >= 0.6 is 11.8 Å². The van der Waals surface area contributed by atoms with E-state index in [2.05, 4.69) is 13.8 Å². The highest BCUT2D eigenvalue weighted by Crippen LogP contribution is 2.36. The molecule has 0 heterocycles. The molecule has 96 valence electrons. The second-order valence-electron chi connectivity index (χ2n) is 4.21. The van der Waals surface area contributed by atoms with E-state index in [0.717, 1.165) is 18.6 Å². The van der Waals surface area contributed by atoms with E-state index in [-0.39, 0.29) is 0 Å². The molecule has 0 saturated heterocycles. The van der Waals surface area contributed by atoms with E-state index >= 15 is 0 Å². The van der Waals surface area contributed by atoms with Gasteiger partial charge in [-0.1, -0.05) is 27.2 Å². The largest absolute Gasteiger partial charge is 0.480 e. The summed E-state index contributed by atoms with van der Waals surface area (Å²) in [7, 11) is 1.64. The Balaban J connectivity index is 4.51. The van der Waals surface area contributed by atoms with E-state index < -0.39 is 10.7 Å². The van der Waals surface area contributed by atoms with Crippen LogP contribution in [0.5, 0.6) is 0 Å². The number of carboxylic acid groups (broad SMARTS) is 1. The van der Waals surface area contributed by atoms with E-state index in [1.807, 2.05) is 6.92 Å². The minimum atomic E-state index is -0.684. The van der Waals surface area contributed by atoms with Crippen molar-refractivity contribution in [3.63, 3.8) is 0 Å². The van der Waals surface area contributed by atoms with Gasteiger partial charge in [0.1, 0.15) is 4.75 Å². The Hall–Kier alpha value is -0.220. The summed E-state index contributed by atoms with van der Waals surface area (Å²) in [4.78, 5) is 11.4. The van der Waals surface area contributed by atoms with Gasteiger partial charge < -0.3 is 9.84 Å². The van der Waals surface area contributed by atoms with Crippen LogP contribution < -0.4 is 0 Å². The van der Waals surface area contributed by atoms with E-state index in [0.29, 0.717) is 18.9 Å². The van der Waals surface area contributed by atoms with Crippen molar-refractivity contribution in [3.8, 4) is 0 Å². The Morgan fingerprint density at radius 3 is 2.50 bits per heavy atom. The second kappa shape index (κ2) is 7.96. The van der Waals surface area contributed by atoms with Crippen LogP contribution in [0.2, 0.25) is 0 Å². The number of rotatable bonds is 9. The van der Waals surface area contributed by atoms with E-state index in [4.69, 9.17) is 4.74 Å². The SMILES string of the molecule is CCC(C)CC(CC)(SCCOC)C(=O)O. The van der Waals surface area contributed by atoms with Crippen LogP contribution in [0.15, 0.2) is 0 Å². The van der Waals surface area contributed by atoms with Crippen molar-refractivity contribution in [2.75, 3.05) is 19.5 Å². The number of hydrogen-bond acceptors (Lipinski definition) is 3. The Morgan fingerprint density at radius 2 is 2.12 bits per heavy atom. The van der Waals surface area contributed by atoms with Crippen LogP contribution in [-0.4, -0.2) is 35.3 Å². The van der Waals surface area contributed by atoms with Gasteiger partial charge in [-0.2, -0.15) is 0 Å². The number of methoxy groups -OCH3 is 1. The molecule has 1 N–H and O–H groups in total. The molecule has 0 saturated carbocycles. The van der Waals surface area contributed by atoms with Gasteiger partial charge in [0.05, 0.1) is 6.61 Å². The molecule has 4 heteroatoms. The lowest BCUT2D eigenvalue weighted by Gasteiger charge is -2.30. The van der Waals surface area contributed by atoms with Crippen molar-refractivity contribution in [2.45, 2.75) is 44.8 Å². The van der Waals surface area contributed by atoms with Crippen molar-refractivity contribution in [3.05, 3.63) is 0 Å². The maximum absolute atomic E-state index is 11.4. The van der Waals surface area contributed by atoms with E-state index in [1.165, 1.54) is 11.8 Å². The molecule has 0 amide bonds. The quantitative estimate of drug-likeness (QED) is 0.637. The summed E-state index contributed by atoms with van der Waals surface area (Å²) < 4.78 is 4.35. The third-order valence-corrected chi connectivity index (χ3v) is 4.56. The van der Waals surface area contributed by atoms with Crippen molar-refractivity contribution >= 4 is 17.7 Å². The summed E-state index contributed by atoms with van der Waals surface area (Å²) in [5, 5.41) is 9.41. The number of ether oxygens (including phenoxy) is 1. The summed E-state index contributed by atoms with van der Waals surface area (Å²) in [6, 6.07) is 0. The van der Waals surface area contributed by atoms with Crippen LogP contribution in [0, 0.1) is 5.92 Å². The van der Waals surface area contributed by atoms with Crippen molar-refractivity contribution in [1.82, 2.24) is 0 Å². The third-order valence-electron chi connectivity index (χ3n) is 3.00. The molecule has 0 aliphatic carbocycles. The first-order valence-corrected chi connectivity index (χ1v) is 6.87. The van der Waals surface area contributed by atoms with Crippen molar-refractivity contribution in [1.29, 1.82) is 0 Å². The van der Waals surface area contributed by atoms with Gasteiger partial charge in [0, 0.05) is 12.9 Å². The zero-order valence-electron chi connectivity index (χ0n) is 10.8. The highest BCUT2D eigenvalue weighted by Gasteiger charge is 2.38. The van der Waals surface area contributed by atoms with Crippen LogP contribution in [0.3, 0.4) is 0 Å². The maximum atomic E-state index is 11.4. The summed E-state index contributed by atoms with van der Waals surface area (Å²) >= 11 is 1.52. The number of aliphatic carboxylic acids is 1. The average Bonchev–Trinajstić information content (AvgIpc) is 2.27. The molecular weight excluding hydrogens is 224 g/mol. The van der Waals surface area contributed by atoms with Crippen LogP contribution in [0.1, 0.15) is 40.0 Å². The van der Waals surface area contributed by atoms with E-state index in [1.54, 1.807) is 7.11 Å². The number of carboxylic acids is 1. The van der Waals surface area contributed by atoms with Crippen LogP contribution in [0.25, 0.3) is 0 Å². The summed E-state index contributed by atoms with van der Waals surface area (Å²) in [5.41, 5.74) is 0. The molecule has 0 bridgehead atoms. The molecule has 0 aromatic rings. The Kier molecular flexibility index (Phi) is 7.85. The van der Waals surface area contributed by atoms with Crippen molar-refractivity contribution in [2.24, 2.45) is 5.92 Å². The first kappa shape index (κ1) is 15.8. The lowest BCUT2D eigenvalue weighted by molar-refractivity contribution is -0.140. The fourth-order valence-corrected chi connectivity index (χ4v) is 3.00. The maximum Gasteiger partial charge on any atom is 0.319 e. The fraction of sp³-hybridized carbons (Fsp3) is 0.917. The molecule has 0 aliphatic heterocycles. The Morgan fingerprint density at radius 1 is 1.50 bits per heavy atom. The summed E-state index contributed by atoms with van der Waals surface area (Å²) in [6.45, 7) is 6.79. The lowest BCUT2D eigenvalue weighted by Crippen LogP contribution is -2.37. The molecule has 0 radical (unpaired) electrons. The van der Waals surface area contributed by atoms with Gasteiger partial charge in [-0.25, -0.2) is 0 Å². The molecule has 0 aliphatic rings.